The predicted molar refractivity (Wildman–Crippen MR) is 112 cm³/mol. The Morgan fingerprint density at radius 2 is 1.88 bits per heavy atom. The number of rotatable bonds is 4. The SMILES string of the molecule is N#CCC(=O)N/N=C1/C(=O)N(c2ccc(Cl)cc2)C(=O)C(=O)[C@@H]1c1nc2ccccc2o1. The lowest BCUT2D eigenvalue weighted by Gasteiger charge is -2.28. The number of anilines is 1. The van der Waals surface area contributed by atoms with Crippen LogP contribution in [0.5, 0.6) is 0 Å². The Hall–Kier alpha value is -4.36. The van der Waals surface area contributed by atoms with Gasteiger partial charge in [-0.25, -0.2) is 15.3 Å². The molecule has 2 aromatic carbocycles. The summed E-state index contributed by atoms with van der Waals surface area (Å²) in [5.74, 6) is -5.70. The Morgan fingerprint density at radius 3 is 2.56 bits per heavy atom. The van der Waals surface area contributed by atoms with E-state index in [-0.39, 0.29) is 11.6 Å². The first-order valence-corrected chi connectivity index (χ1v) is 9.55. The average molecular weight is 450 g/mol. The third-order valence-corrected chi connectivity index (χ3v) is 4.81. The third-order valence-electron chi connectivity index (χ3n) is 4.55. The van der Waals surface area contributed by atoms with Gasteiger partial charge in [-0.05, 0) is 36.4 Å². The normalized spacial score (nSPS) is 17.6. The number of oxazole rings is 1. The lowest BCUT2D eigenvalue weighted by molar-refractivity contribution is -0.139. The van der Waals surface area contributed by atoms with Gasteiger partial charge >= 0.3 is 5.91 Å². The van der Waals surface area contributed by atoms with Crippen LogP contribution in [0, 0.1) is 11.3 Å². The second-order valence-corrected chi connectivity index (χ2v) is 7.04. The summed E-state index contributed by atoms with van der Waals surface area (Å²) < 4.78 is 5.60. The topological polar surface area (TPSA) is 146 Å². The Balaban J connectivity index is 1.81. The fraction of sp³-hybridized carbons (Fsp3) is 0.0952. The van der Waals surface area contributed by atoms with Crippen LogP contribution in [0.3, 0.4) is 0 Å². The molecular weight excluding hydrogens is 438 g/mol. The number of halogens is 1. The van der Waals surface area contributed by atoms with Gasteiger partial charge in [0.05, 0.1) is 11.8 Å². The summed E-state index contributed by atoms with van der Waals surface area (Å²) in [6, 6.07) is 13.9. The molecule has 1 aliphatic heterocycles. The maximum absolute atomic E-state index is 13.2. The second-order valence-electron chi connectivity index (χ2n) is 6.61. The third kappa shape index (κ3) is 3.73. The highest BCUT2D eigenvalue weighted by Gasteiger charge is 2.49. The number of amides is 3. The van der Waals surface area contributed by atoms with Gasteiger partial charge in [0.1, 0.15) is 17.6 Å². The summed E-state index contributed by atoms with van der Waals surface area (Å²) >= 11 is 5.86. The molecule has 3 aromatic rings. The van der Waals surface area contributed by atoms with E-state index < -0.39 is 41.6 Å². The molecule has 158 valence electrons. The zero-order chi connectivity index (χ0) is 22.8. The number of Topliss-reactive ketones (excluding diaryl/α,β-unsaturated/α-hetero) is 1. The van der Waals surface area contributed by atoms with Crippen LogP contribution in [0.15, 0.2) is 58.0 Å². The van der Waals surface area contributed by atoms with Gasteiger partial charge in [-0.2, -0.15) is 10.4 Å². The maximum atomic E-state index is 13.2. The predicted octanol–water partition coefficient (Wildman–Crippen LogP) is 2.09. The number of nitrogens with one attached hydrogen (secondary N) is 1. The molecule has 4 rings (SSSR count). The van der Waals surface area contributed by atoms with E-state index in [1.165, 1.54) is 24.3 Å². The highest BCUT2D eigenvalue weighted by atomic mass is 35.5. The van der Waals surface area contributed by atoms with E-state index in [9.17, 15) is 19.2 Å². The number of benzene rings is 2. The highest BCUT2D eigenvalue weighted by Crippen LogP contribution is 2.30. The summed E-state index contributed by atoms with van der Waals surface area (Å²) in [5, 5.41) is 12.8. The molecule has 1 aliphatic rings. The number of imide groups is 1. The number of piperidine rings is 1. The molecule has 0 saturated carbocycles. The van der Waals surface area contributed by atoms with Crippen LogP contribution in [0.4, 0.5) is 5.69 Å². The number of nitriles is 1. The average Bonchev–Trinajstić information content (AvgIpc) is 3.20. The van der Waals surface area contributed by atoms with E-state index >= 15 is 0 Å². The molecule has 0 bridgehead atoms. The van der Waals surface area contributed by atoms with Crippen molar-refractivity contribution in [1.82, 2.24) is 10.4 Å². The van der Waals surface area contributed by atoms with E-state index in [1.54, 1.807) is 30.3 Å². The van der Waals surface area contributed by atoms with Gasteiger partial charge in [-0.1, -0.05) is 23.7 Å². The Morgan fingerprint density at radius 1 is 1.16 bits per heavy atom. The molecule has 0 aliphatic carbocycles. The van der Waals surface area contributed by atoms with E-state index in [1.807, 2.05) is 0 Å². The van der Waals surface area contributed by atoms with Gasteiger partial charge in [0, 0.05) is 5.02 Å². The molecule has 1 fully saturated rings. The first kappa shape index (κ1) is 20.9. The van der Waals surface area contributed by atoms with Crippen LogP contribution in [-0.2, 0) is 19.2 Å². The van der Waals surface area contributed by atoms with Crippen LogP contribution in [0.1, 0.15) is 18.2 Å². The summed E-state index contributed by atoms with van der Waals surface area (Å²) in [5.41, 5.74) is 2.40. The van der Waals surface area contributed by atoms with Crippen molar-refractivity contribution in [2.45, 2.75) is 12.3 Å². The standard InChI is InChI=1S/C21H12ClN5O5/c22-11-5-7-12(8-6-11)27-20(30)17(26-25-15(28)9-10-23)16(18(29)21(27)31)19-24-13-3-1-2-4-14(13)32-19/h1-8,16H,9H2,(H,25,28)/b26-17+/t16-/m1/s1. The van der Waals surface area contributed by atoms with Gasteiger partial charge in [-0.3, -0.25) is 19.2 Å². The molecule has 2 heterocycles. The molecule has 10 nitrogen and oxygen atoms in total. The van der Waals surface area contributed by atoms with E-state index in [2.05, 4.69) is 15.5 Å². The van der Waals surface area contributed by atoms with Crippen molar-refractivity contribution in [2.75, 3.05) is 4.90 Å². The summed E-state index contributed by atoms with van der Waals surface area (Å²) in [6.07, 6.45) is -0.522. The molecule has 0 radical (unpaired) electrons. The zero-order valence-electron chi connectivity index (χ0n) is 16.1. The number of aromatic nitrogens is 1. The number of hydrogen-bond donors (Lipinski definition) is 1. The van der Waals surface area contributed by atoms with Gasteiger partial charge < -0.3 is 4.42 Å². The summed E-state index contributed by atoms with van der Waals surface area (Å²) in [7, 11) is 0. The monoisotopic (exact) mass is 449 g/mol. The van der Waals surface area contributed by atoms with Crippen LogP contribution < -0.4 is 10.3 Å². The lowest BCUT2D eigenvalue weighted by atomic mass is 9.91. The van der Waals surface area contributed by atoms with Gasteiger partial charge in [0.2, 0.25) is 11.7 Å². The van der Waals surface area contributed by atoms with Crippen LogP contribution >= 0.6 is 11.6 Å². The number of nitrogens with zero attached hydrogens (tertiary/aromatic N) is 4. The van der Waals surface area contributed by atoms with Crippen molar-refractivity contribution in [3.05, 3.63) is 59.4 Å². The quantitative estimate of drug-likeness (QED) is 0.364. The van der Waals surface area contributed by atoms with E-state index in [0.717, 1.165) is 0 Å². The van der Waals surface area contributed by atoms with Crippen LogP contribution in [0.25, 0.3) is 11.1 Å². The number of hydrogen-bond acceptors (Lipinski definition) is 8. The van der Waals surface area contributed by atoms with Gasteiger partial charge in [0.15, 0.2) is 11.5 Å². The minimum atomic E-state index is -1.58. The van der Waals surface area contributed by atoms with Crippen molar-refractivity contribution in [3.8, 4) is 6.07 Å². The van der Waals surface area contributed by atoms with Crippen molar-refractivity contribution in [1.29, 1.82) is 5.26 Å². The van der Waals surface area contributed by atoms with Crippen LogP contribution in [-0.4, -0.2) is 34.2 Å². The number of ketones is 1. The van der Waals surface area contributed by atoms with Gasteiger partial charge in [-0.15, -0.1) is 0 Å². The Bertz CT molecular complexity index is 1310. The van der Waals surface area contributed by atoms with Crippen molar-refractivity contribution >= 4 is 57.6 Å². The number of carbonyl (C=O) groups excluding carboxylic acids is 4. The molecule has 1 aromatic heterocycles. The molecule has 11 heteroatoms. The van der Waals surface area contributed by atoms with Crippen molar-refractivity contribution < 1.29 is 23.6 Å². The molecule has 3 amide bonds. The first-order chi connectivity index (χ1) is 15.4. The molecule has 1 N–H and O–H groups in total. The first-order valence-electron chi connectivity index (χ1n) is 9.17. The lowest BCUT2D eigenvalue weighted by Crippen LogP contribution is -2.55. The van der Waals surface area contributed by atoms with Gasteiger partial charge in [0.25, 0.3) is 11.8 Å². The number of para-hydroxylation sites is 2. The Kier molecular flexibility index (Phi) is 5.49. The molecule has 1 atom stereocenters. The number of carbonyl (C=O) groups is 4. The molecular formula is C21H12ClN5O5. The smallest absolute Gasteiger partial charge is 0.302 e. The Labute approximate surface area is 185 Å². The van der Waals surface area contributed by atoms with Crippen molar-refractivity contribution in [3.63, 3.8) is 0 Å². The summed E-state index contributed by atoms with van der Waals surface area (Å²) in [6.45, 7) is 0. The second kappa shape index (κ2) is 8.41. The fourth-order valence-corrected chi connectivity index (χ4v) is 3.23. The minimum Gasteiger partial charge on any atom is -0.439 e. The maximum Gasteiger partial charge on any atom is 0.302 e. The van der Waals surface area contributed by atoms with Crippen molar-refractivity contribution in [2.24, 2.45) is 5.10 Å². The number of hydrazone groups is 1. The van der Waals surface area contributed by atoms with E-state index in [4.69, 9.17) is 21.3 Å². The number of fused-ring (bicyclic) bond motifs is 1. The summed E-state index contributed by atoms with van der Waals surface area (Å²) in [4.78, 5) is 55.8. The largest absolute Gasteiger partial charge is 0.439 e. The highest BCUT2D eigenvalue weighted by molar-refractivity contribution is 6.67. The minimum absolute atomic E-state index is 0.0878. The molecule has 0 spiro atoms. The zero-order valence-corrected chi connectivity index (χ0v) is 16.9. The fourth-order valence-electron chi connectivity index (χ4n) is 3.10. The van der Waals surface area contributed by atoms with Crippen LogP contribution in [0.2, 0.25) is 5.02 Å². The molecule has 0 unspecified atom stereocenters. The molecule has 32 heavy (non-hydrogen) atoms. The molecule has 1 saturated heterocycles. The van der Waals surface area contributed by atoms with E-state index in [0.29, 0.717) is 21.0 Å².